The molecule has 1 aliphatic rings. The van der Waals surface area contributed by atoms with Gasteiger partial charge in [-0.25, -0.2) is 4.98 Å². The van der Waals surface area contributed by atoms with E-state index in [2.05, 4.69) is 39.0 Å². The van der Waals surface area contributed by atoms with E-state index in [1.54, 1.807) is 11.3 Å². The second-order valence-electron chi connectivity index (χ2n) is 7.51. The van der Waals surface area contributed by atoms with E-state index < -0.39 is 0 Å². The molecule has 1 fully saturated rings. The average Bonchev–Trinajstić information content (AvgIpc) is 2.88. The van der Waals surface area contributed by atoms with Crippen LogP contribution in [0.5, 0.6) is 0 Å². The summed E-state index contributed by atoms with van der Waals surface area (Å²) < 4.78 is 2.44. The lowest BCUT2D eigenvalue weighted by molar-refractivity contribution is -0.0138. The number of aliphatic hydroxyl groups is 1. The minimum Gasteiger partial charge on any atom is -0.393 e. The van der Waals surface area contributed by atoms with Crippen LogP contribution in [0.3, 0.4) is 0 Å². The van der Waals surface area contributed by atoms with Gasteiger partial charge >= 0.3 is 0 Å². The van der Waals surface area contributed by atoms with Gasteiger partial charge in [-0.15, -0.1) is 11.3 Å². The number of aliphatic hydroxyl groups excluding tert-OH is 1. The highest BCUT2D eigenvalue weighted by molar-refractivity contribution is 8.01. The molecule has 1 aliphatic carbocycles. The second kappa shape index (κ2) is 7.12. The molecule has 1 aromatic heterocycles. The standard InChI is InChI=1S/C19H27NOS2/c1-13(10-11-14-16(21)8-6-12-19(14,2)3)22-18-20-15-7-4-5-9-17(15)23-18/h4-5,7,9,13-14,16,21H,6,8,10-12H2,1-3H3/t13?,14-,16+/m1/s1. The summed E-state index contributed by atoms with van der Waals surface area (Å²) in [6.07, 6.45) is 5.54. The fourth-order valence-electron chi connectivity index (χ4n) is 3.80. The fourth-order valence-corrected chi connectivity index (χ4v) is 6.20. The predicted molar refractivity (Wildman–Crippen MR) is 101 cm³/mol. The Bertz CT molecular complexity index is 619. The molecule has 0 aliphatic heterocycles. The summed E-state index contributed by atoms with van der Waals surface area (Å²) >= 11 is 3.67. The predicted octanol–water partition coefficient (Wildman–Crippen LogP) is 5.74. The highest BCUT2D eigenvalue weighted by Crippen LogP contribution is 2.44. The van der Waals surface area contributed by atoms with E-state index in [0.29, 0.717) is 11.2 Å². The molecular formula is C19H27NOS2. The third-order valence-electron chi connectivity index (χ3n) is 5.25. The molecule has 0 spiro atoms. The van der Waals surface area contributed by atoms with E-state index in [9.17, 15) is 5.11 Å². The van der Waals surface area contributed by atoms with E-state index in [-0.39, 0.29) is 11.5 Å². The highest BCUT2D eigenvalue weighted by Gasteiger charge is 2.37. The Morgan fingerprint density at radius 2 is 2.17 bits per heavy atom. The number of thiazole rings is 1. The van der Waals surface area contributed by atoms with Crippen molar-refractivity contribution in [2.75, 3.05) is 0 Å². The Balaban J connectivity index is 1.57. The molecular weight excluding hydrogens is 322 g/mol. The van der Waals surface area contributed by atoms with Crippen LogP contribution in [0.15, 0.2) is 28.6 Å². The second-order valence-corrected chi connectivity index (χ2v) is 10.2. The van der Waals surface area contributed by atoms with Crippen LogP contribution < -0.4 is 0 Å². The maximum atomic E-state index is 10.4. The molecule has 3 atom stereocenters. The Kier molecular flexibility index (Phi) is 5.34. The first-order valence-corrected chi connectivity index (χ1v) is 10.4. The van der Waals surface area contributed by atoms with Crippen LogP contribution in [0.4, 0.5) is 0 Å². The minimum atomic E-state index is -0.113. The number of thioether (sulfide) groups is 1. The van der Waals surface area contributed by atoms with Gasteiger partial charge in [0, 0.05) is 5.25 Å². The molecule has 1 saturated carbocycles. The maximum absolute atomic E-state index is 10.4. The lowest BCUT2D eigenvalue weighted by Gasteiger charge is -2.42. The summed E-state index contributed by atoms with van der Waals surface area (Å²) in [5.41, 5.74) is 1.38. The molecule has 1 aromatic carbocycles. The average molecular weight is 350 g/mol. The first kappa shape index (κ1) is 17.2. The van der Waals surface area contributed by atoms with Gasteiger partial charge in [-0.3, -0.25) is 0 Å². The van der Waals surface area contributed by atoms with Crippen molar-refractivity contribution in [2.45, 2.75) is 68.6 Å². The zero-order chi connectivity index (χ0) is 16.4. The lowest BCUT2D eigenvalue weighted by atomic mass is 9.66. The van der Waals surface area contributed by atoms with E-state index in [1.165, 1.54) is 21.9 Å². The molecule has 1 unspecified atom stereocenters. The third-order valence-corrected chi connectivity index (χ3v) is 7.55. The third kappa shape index (κ3) is 4.09. The summed E-state index contributed by atoms with van der Waals surface area (Å²) in [5.74, 6) is 0.440. The van der Waals surface area contributed by atoms with Crippen LogP contribution in [0, 0.1) is 11.3 Å². The van der Waals surface area contributed by atoms with E-state index in [1.807, 2.05) is 17.8 Å². The molecule has 0 radical (unpaired) electrons. The van der Waals surface area contributed by atoms with Gasteiger partial charge in [-0.1, -0.05) is 51.1 Å². The van der Waals surface area contributed by atoms with Gasteiger partial charge in [0.25, 0.3) is 0 Å². The largest absolute Gasteiger partial charge is 0.393 e. The molecule has 3 rings (SSSR count). The summed E-state index contributed by atoms with van der Waals surface area (Å²) in [5, 5.41) is 10.9. The molecule has 1 N–H and O–H groups in total. The van der Waals surface area contributed by atoms with Gasteiger partial charge in [0.05, 0.1) is 16.3 Å². The van der Waals surface area contributed by atoms with Crippen LogP contribution in [-0.4, -0.2) is 21.4 Å². The van der Waals surface area contributed by atoms with Crippen LogP contribution in [0.2, 0.25) is 0 Å². The summed E-state index contributed by atoms with van der Waals surface area (Å²) in [7, 11) is 0. The van der Waals surface area contributed by atoms with Crippen molar-refractivity contribution in [3.05, 3.63) is 24.3 Å². The van der Waals surface area contributed by atoms with E-state index in [0.717, 1.165) is 24.8 Å². The fraction of sp³-hybridized carbons (Fsp3) is 0.632. The molecule has 0 saturated heterocycles. The van der Waals surface area contributed by atoms with Crippen molar-refractivity contribution in [2.24, 2.45) is 11.3 Å². The molecule has 0 bridgehead atoms. The van der Waals surface area contributed by atoms with E-state index in [4.69, 9.17) is 4.98 Å². The maximum Gasteiger partial charge on any atom is 0.151 e. The van der Waals surface area contributed by atoms with Gasteiger partial charge in [0.15, 0.2) is 4.34 Å². The summed E-state index contributed by atoms with van der Waals surface area (Å²) in [6.45, 7) is 6.94. The monoisotopic (exact) mass is 349 g/mol. The zero-order valence-electron chi connectivity index (χ0n) is 14.3. The quantitative estimate of drug-likeness (QED) is 0.698. The number of aromatic nitrogens is 1. The molecule has 2 nitrogen and oxygen atoms in total. The Hall–Kier alpha value is -0.580. The van der Waals surface area contributed by atoms with Gasteiger partial charge in [-0.05, 0) is 49.1 Å². The number of benzene rings is 1. The first-order valence-electron chi connectivity index (χ1n) is 8.66. The van der Waals surface area contributed by atoms with Gasteiger partial charge in [0.1, 0.15) is 0 Å². The van der Waals surface area contributed by atoms with Gasteiger partial charge in [0.2, 0.25) is 0 Å². The van der Waals surface area contributed by atoms with Crippen molar-refractivity contribution in [3.63, 3.8) is 0 Å². The number of nitrogens with zero attached hydrogens (tertiary/aromatic N) is 1. The van der Waals surface area contributed by atoms with Gasteiger partial charge < -0.3 is 5.11 Å². The lowest BCUT2D eigenvalue weighted by Crippen LogP contribution is -2.38. The van der Waals surface area contributed by atoms with Crippen LogP contribution >= 0.6 is 23.1 Å². The summed E-state index contributed by atoms with van der Waals surface area (Å²) in [4.78, 5) is 4.72. The number of fused-ring (bicyclic) bond motifs is 1. The zero-order valence-corrected chi connectivity index (χ0v) is 15.9. The van der Waals surface area contributed by atoms with Crippen molar-refractivity contribution in [1.82, 2.24) is 4.98 Å². The number of rotatable bonds is 5. The molecule has 0 amide bonds. The first-order chi connectivity index (χ1) is 11.0. The molecule has 2 aromatic rings. The van der Waals surface area contributed by atoms with Crippen LogP contribution in [-0.2, 0) is 0 Å². The number of para-hydroxylation sites is 1. The van der Waals surface area contributed by atoms with Crippen LogP contribution in [0.1, 0.15) is 52.9 Å². The molecule has 126 valence electrons. The highest BCUT2D eigenvalue weighted by atomic mass is 32.2. The smallest absolute Gasteiger partial charge is 0.151 e. The van der Waals surface area contributed by atoms with Gasteiger partial charge in [-0.2, -0.15) is 0 Å². The van der Waals surface area contributed by atoms with Crippen molar-refractivity contribution < 1.29 is 5.11 Å². The number of hydrogen-bond acceptors (Lipinski definition) is 4. The minimum absolute atomic E-state index is 0.113. The Morgan fingerprint density at radius 3 is 2.91 bits per heavy atom. The SMILES string of the molecule is CC(CC[C@@H]1[C@@H](O)CCCC1(C)C)Sc1nc2ccccc2s1. The van der Waals surface area contributed by atoms with E-state index >= 15 is 0 Å². The van der Waals surface area contributed by atoms with Crippen molar-refractivity contribution >= 4 is 33.3 Å². The molecule has 23 heavy (non-hydrogen) atoms. The van der Waals surface area contributed by atoms with Crippen molar-refractivity contribution in [3.8, 4) is 0 Å². The van der Waals surface area contributed by atoms with Crippen molar-refractivity contribution in [1.29, 1.82) is 0 Å². The normalized spacial score (nSPS) is 25.6. The Labute approximate surface area is 147 Å². The number of hydrogen-bond donors (Lipinski definition) is 1. The molecule has 4 heteroatoms. The molecule has 1 heterocycles. The summed E-state index contributed by atoms with van der Waals surface area (Å²) in [6, 6.07) is 8.35. The Morgan fingerprint density at radius 1 is 1.39 bits per heavy atom. The topological polar surface area (TPSA) is 33.1 Å². The van der Waals surface area contributed by atoms with Crippen LogP contribution in [0.25, 0.3) is 10.2 Å².